The van der Waals surface area contributed by atoms with Gasteiger partial charge in [-0.15, -0.1) is 0 Å². The smallest absolute Gasteiger partial charge is 0.275 e. The maximum atomic E-state index is 12.4. The highest BCUT2D eigenvalue weighted by Crippen LogP contribution is 2.13. The van der Waals surface area contributed by atoms with Crippen LogP contribution in [0.2, 0.25) is 0 Å². The first-order valence-electron chi connectivity index (χ1n) is 7.16. The first-order valence-corrected chi connectivity index (χ1v) is 7.16. The normalized spacial score (nSPS) is 10.5. The molecule has 2 heterocycles. The molecule has 0 spiro atoms. The molecule has 1 aromatic carbocycles. The molecule has 2 amide bonds. The van der Waals surface area contributed by atoms with Gasteiger partial charge in [-0.05, 0) is 37.3 Å². The van der Waals surface area contributed by atoms with E-state index in [1.165, 1.54) is 0 Å². The predicted molar refractivity (Wildman–Crippen MR) is 87.7 cm³/mol. The third-order valence-corrected chi connectivity index (χ3v) is 3.54. The van der Waals surface area contributed by atoms with Gasteiger partial charge in [-0.3, -0.25) is 9.59 Å². The second kappa shape index (κ2) is 5.92. The molecule has 116 valence electrons. The summed E-state index contributed by atoms with van der Waals surface area (Å²) in [5, 5.41) is 5.31. The van der Waals surface area contributed by atoms with Crippen LogP contribution in [0.4, 0.5) is 5.69 Å². The second-order valence-corrected chi connectivity index (χ2v) is 5.14. The minimum atomic E-state index is -0.317. The van der Waals surface area contributed by atoms with Crippen molar-refractivity contribution in [2.24, 2.45) is 0 Å². The van der Waals surface area contributed by atoms with Crippen molar-refractivity contribution in [2.75, 3.05) is 12.4 Å². The van der Waals surface area contributed by atoms with E-state index >= 15 is 0 Å². The summed E-state index contributed by atoms with van der Waals surface area (Å²) < 4.78 is 1.86. The van der Waals surface area contributed by atoms with Gasteiger partial charge in [-0.2, -0.15) is 0 Å². The Balaban J connectivity index is 1.86. The van der Waals surface area contributed by atoms with E-state index in [0.29, 0.717) is 22.6 Å². The summed E-state index contributed by atoms with van der Waals surface area (Å²) in [7, 11) is 1.56. The molecule has 0 radical (unpaired) electrons. The Morgan fingerprint density at radius 3 is 2.61 bits per heavy atom. The van der Waals surface area contributed by atoms with Crippen LogP contribution in [0.5, 0.6) is 0 Å². The third-order valence-electron chi connectivity index (χ3n) is 3.54. The van der Waals surface area contributed by atoms with E-state index in [4.69, 9.17) is 0 Å². The van der Waals surface area contributed by atoms with Crippen LogP contribution in [0.1, 0.15) is 26.5 Å². The standard InChI is InChI=1S/C17H16N4O2/c1-11-5-3-8-15-20-14(10-21(11)15)17(23)19-13-7-4-6-12(9-13)16(22)18-2/h3-10H,1-2H3,(H,18,22)(H,19,23). The second-order valence-electron chi connectivity index (χ2n) is 5.14. The fourth-order valence-electron chi connectivity index (χ4n) is 2.34. The SMILES string of the molecule is CNC(=O)c1cccc(NC(=O)c2cn3c(C)cccc3n2)c1. The van der Waals surface area contributed by atoms with Gasteiger partial charge >= 0.3 is 0 Å². The van der Waals surface area contributed by atoms with Crippen LogP contribution < -0.4 is 10.6 Å². The van der Waals surface area contributed by atoms with Gasteiger partial charge in [-0.1, -0.05) is 12.1 Å². The Bertz CT molecular complexity index is 898. The maximum absolute atomic E-state index is 12.4. The molecule has 0 aliphatic heterocycles. The predicted octanol–water partition coefficient (Wildman–Crippen LogP) is 2.25. The van der Waals surface area contributed by atoms with Crippen molar-refractivity contribution >= 4 is 23.1 Å². The van der Waals surface area contributed by atoms with Crippen molar-refractivity contribution in [1.82, 2.24) is 14.7 Å². The lowest BCUT2D eigenvalue weighted by molar-refractivity contribution is 0.0961. The molecule has 0 unspecified atom stereocenters. The zero-order valence-electron chi connectivity index (χ0n) is 12.8. The number of imidazole rings is 1. The largest absolute Gasteiger partial charge is 0.355 e. The summed E-state index contributed by atoms with van der Waals surface area (Å²) in [4.78, 5) is 28.3. The number of rotatable bonds is 3. The lowest BCUT2D eigenvalue weighted by atomic mass is 10.2. The van der Waals surface area contributed by atoms with Gasteiger partial charge in [0.1, 0.15) is 11.3 Å². The van der Waals surface area contributed by atoms with Gasteiger partial charge < -0.3 is 15.0 Å². The number of carbonyl (C=O) groups is 2. The minimum Gasteiger partial charge on any atom is -0.355 e. The summed E-state index contributed by atoms with van der Waals surface area (Å²) in [6.45, 7) is 1.95. The van der Waals surface area contributed by atoms with Crippen molar-refractivity contribution in [3.05, 3.63) is 65.6 Å². The highest BCUT2D eigenvalue weighted by Gasteiger charge is 2.12. The van der Waals surface area contributed by atoms with Gasteiger partial charge in [-0.25, -0.2) is 4.98 Å². The monoisotopic (exact) mass is 308 g/mol. The molecular weight excluding hydrogens is 292 g/mol. The van der Waals surface area contributed by atoms with Crippen molar-refractivity contribution in [3.8, 4) is 0 Å². The van der Waals surface area contributed by atoms with E-state index in [2.05, 4.69) is 15.6 Å². The van der Waals surface area contributed by atoms with E-state index in [1.807, 2.05) is 29.5 Å². The molecule has 0 atom stereocenters. The minimum absolute atomic E-state index is 0.204. The fraction of sp³-hybridized carbons (Fsp3) is 0.118. The molecule has 0 aliphatic carbocycles. The van der Waals surface area contributed by atoms with Crippen LogP contribution in [-0.4, -0.2) is 28.2 Å². The van der Waals surface area contributed by atoms with Crippen LogP contribution in [0.25, 0.3) is 5.65 Å². The van der Waals surface area contributed by atoms with E-state index in [1.54, 1.807) is 37.5 Å². The first-order chi connectivity index (χ1) is 11.1. The molecule has 0 saturated heterocycles. The number of pyridine rings is 1. The fourth-order valence-corrected chi connectivity index (χ4v) is 2.34. The summed E-state index contributed by atoms with van der Waals surface area (Å²) in [6.07, 6.45) is 1.70. The number of aromatic nitrogens is 2. The molecule has 2 aromatic heterocycles. The zero-order chi connectivity index (χ0) is 16.4. The number of hydrogen-bond acceptors (Lipinski definition) is 3. The average molecular weight is 308 g/mol. The van der Waals surface area contributed by atoms with Gasteiger partial charge in [0.05, 0.1) is 0 Å². The van der Waals surface area contributed by atoms with Crippen LogP contribution in [0.3, 0.4) is 0 Å². The van der Waals surface area contributed by atoms with Crippen LogP contribution >= 0.6 is 0 Å². The van der Waals surface area contributed by atoms with E-state index < -0.39 is 0 Å². The highest BCUT2D eigenvalue weighted by molar-refractivity contribution is 6.04. The van der Waals surface area contributed by atoms with Crippen molar-refractivity contribution in [2.45, 2.75) is 6.92 Å². The summed E-state index contributed by atoms with van der Waals surface area (Å²) >= 11 is 0. The van der Waals surface area contributed by atoms with Gasteiger partial charge in [0, 0.05) is 30.2 Å². The van der Waals surface area contributed by atoms with Crippen molar-refractivity contribution < 1.29 is 9.59 Å². The molecule has 0 fully saturated rings. The first kappa shape index (κ1) is 14.8. The molecule has 3 rings (SSSR count). The molecule has 0 saturated carbocycles. The molecule has 6 nitrogen and oxygen atoms in total. The number of anilines is 1. The summed E-state index contributed by atoms with van der Waals surface area (Å²) in [5.41, 5.74) is 3.07. The Morgan fingerprint density at radius 2 is 1.87 bits per heavy atom. The van der Waals surface area contributed by atoms with Gasteiger partial charge in [0.2, 0.25) is 0 Å². The molecule has 6 heteroatoms. The van der Waals surface area contributed by atoms with Crippen molar-refractivity contribution in [3.63, 3.8) is 0 Å². The molecule has 3 aromatic rings. The van der Waals surface area contributed by atoms with E-state index in [0.717, 1.165) is 5.69 Å². The highest BCUT2D eigenvalue weighted by atomic mass is 16.2. The average Bonchev–Trinajstić information content (AvgIpc) is 3.00. The van der Waals surface area contributed by atoms with E-state index in [-0.39, 0.29) is 11.8 Å². The van der Waals surface area contributed by atoms with Crippen LogP contribution in [-0.2, 0) is 0 Å². The third kappa shape index (κ3) is 2.91. The number of nitrogens with one attached hydrogen (secondary N) is 2. The number of nitrogens with zero attached hydrogens (tertiary/aromatic N) is 2. The topological polar surface area (TPSA) is 75.5 Å². The number of aryl methyl sites for hydroxylation is 1. The molecule has 0 bridgehead atoms. The van der Waals surface area contributed by atoms with Crippen molar-refractivity contribution in [1.29, 1.82) is 0 Å². The maximum Gasteiger partial charge on any atom is 0.275 e. The van der Waals surface area contributed by atoms with Gasteiger partial charge in [0.25, 0.3) is 11.8 Å². The lowest BCUT2D eigenvalue weighted by Gasteiger charge is -2.05. The quantitative estimate of drug-likeness (QED) is 0.779. The zero-order valence-corrected chi connectivity index (χ0v) is 12.8. The Morgan fingerprint density at radius 1 is 1.09 bits per heavy atom. The number of hydrogen-bond donors (Lipinski definition) is 2. The number of benzene rings is 1. The lowest BCUT2D eigenvalue weighted by Crippen LogP contribution is -2.18. The Kier molecular flexibility index (Phi) is 3.80. The number of carbonyl (C=O) groups excluding carboxylic acids is 2. The Labute approximate surface area is 133 Å². The van der Waals surface area contributed by atoms with Gasteiger partial charge in [0.15, 0.2) is 0 Å². The van der Waals surface area contributed by atoms with E-state index in [9.17, 15) is 9.59 Å². The molecule has 0 aliphatic rings. The van der Waals surface area contributed by atoms with Crippen LogP contribution in [0.15, 0.2) is 48.7 Å². The summed E-state index contributed by atoms with van der Waals surface area (Å²) in [5.74, 6) is -0.522. The molecular formula is C17H16N4O2. The number of fused-ring (bicyclic) bond motifs is 1. The number of amides is 2. The summed E-state index contributed by atoms with van der Waals surface area (Å²) in [6, 6.07) is 12.4. The van der Waals surface area contributed by atoms with Crippen LogP contribution in [0, 0.1) is 6.92 Å². The molecule has 23 heavy (non-hydrogen) atoms. The Hall–Kier alpha value is -3.15. The molecule has 2 N–H and O–H groups in total.